The second-order valence-corrected chi connectivity index (χ2v) is 31.1. The first-order valence-corrected chi connectivity index (χ1v) is 41.9. The minimum Gasteiger partial charge on any atom is -0.462 e. The Morgan fingerprint density at radius 3 is 0.809 bits per heavy atom. The number of carbonyl (C=O) groups excluding carboxylic acids is 4. The third-order valence-electron chi connectivity index (χ3n) is 17.7. The van der Waals surface area contributed by atoms with Gasteiger partial charge in [-0.25, -0.2) is 9.13 Å². The van der Waals surface area contributed by atoms with Gasteiger partial charge in [-0.15, -0.1) is 0 Å². The molecule has 0 rings (SSSR count). The Balaban J connectivity index is 5.16. The van der Waals surface area contributed by atoms with Gasteiger partial charge in [0.25, 0.3) is 0 Å². The molecule has 0 amide bonds. The van der Waals surface area contributed by atoms with Crippen molar-refractivity contribution in [1.29, 1.82) is 0 Å². The third kappa shape index (κ3) is 67.3. The van der Waals surface area contributed by atoms with Crippen molar-refractivity contribution in [2.75, 3.05) is 39.6 Å². The number of aliphatic hydroxyl groups is 1. The first-order valence-electron chi connectivity index (χ1n) is 38.9. The lowest BCUT2D eigenvalue weighted by molar-refractivity contribution is -0.161. The minimum atomic E-state index is -4.96. The molecule has 0 aromatic carbocycles. The topological polar surface area (TPSA) is 237 Å². The maximum atomic E-state index is 13.1. The van der Waals surface area contributed by atoms with Crippen LogP contribution in [0.4, 0.5) is 0 Å². The monoisotopic (exact) mass is 1380 g/mol. The van der Waals surface area contributed by atoms with Crippen LogP contribution in [0.5, 0.6) is 0 Å². The lowest BCUT2D eigenvalue weighted by atomic mass is 9.99. The molecular formula is C75H146O17P2. The van der Waals surface area contributed by atoms with Crippen molar-refractivity contribution in [3.63, 3.8) is 0 Å². The zero-order valence-corrected chi connectivity index (χ0v) is 63.2. The van der Waals surface area contributed by atoms with Crippen molar-refractivity contribution >= 4 is 39.5 Å². The van der Waals surface area contributed by atoms with Crippen LogP contribution >= 0.6 is 15.6 Å². The summed E-state index contributed by atoms with van der Waals surface area (Å²) in [5, 5.41) is 10.6. The van der Waals surface area contributed by atoms with Crippen LogP contribution in [0.3, 0.4) is 0 Å². The second-order valence-electron chi connectivity index (χ2n) is 28.2. The molecule has 3 N–H and O–H groups in total. The van der Waals surface area contributed by atoms with Gasteiger partial charge in [0.1, 0.15) is 19.3 Å². The van der Waals surface area contributed by atoms with E-state index in [1.165, 1.54) is 186 Å². The molecule has 0 saturated heterocycles. The van der Waals surface area contributed by atoms with Crippen molar-refractivity contribution < 1.29 is 80.2 Å². The molecule has 17 nitrogen and oxygen atoms in total. The number of esters is 4. The summed E-state index contributed by atoms with van der Waals surface area (Å²) >= 11 is 0. The highest BCUT2D eigenvalue weighted by Gasteiger charge is 2.30. The molecule has 0 aliphatic rings. The number of ether oxygens (including phenoxy) is 4. The predicted molar refractivity (Wildman–Crippen MR) is 381 cm³/mol. The van der Waals surface area contributed by atoms with E-state index in [2.05, 4.69) is 48.5 Å². The summed E-state index contributed by atoms with van der Waals surface area (Å²) in [6.45, 7) is 11.8. The molecule has 19 heteroatoms. The molecule has 0 aliphatic carbocycles. The zero-order valence-electron chi connectivity index (χ0n) is 61.4. The third-order valence-corrected chi connectivity index (χ3v) is 19.6. The molecule has 6 atom stereocenters. The maximum absolute atomic E-state index is 13.1. The van der Waals surface area contributed by atoms with Gasteiger partial charge in [-0.05, 0) is 43.4 Å². The summed E-state index contributed by atoms with van der Waals surface area (Å²) in [5.74, 6) is 0.0934. The normalized spacial score (nSPS) is 14.4. The Hall–Kier alpha value is -1.94. The largest absolute Gasteiger partial charge is 0.472 e. The van der Waals surface area contributed by atoms with Crippen molar-refractivity contribution in [2.45, 2.75) is 401 Å². The van der Waals surface area contributed by atoms with E-state index in [1.807, 2.05) is 0 Å². The smallest absolute Gasteiger partial charge is 0.462 e. The fourth-order valence-corrected chi connectivity index (χ4v) is 13.0. The minimum absolute atomic E-state index is 0.101. The number of hydrogen-bond acceptors (Lipinski definition) is 15. The van der Waals surface area contributed by atoms with Gasteiger partial charge in [0.05, 0.1) is 26.4 Å². The van der Waals surface area contributed by atoms with Gasteiger partial charge >= 0.3 is 39.5 Å². The molecule has 0 aliphatic heterocycles. The molecule has 0 fully saturated rings. The van der Waals surface area contributed by atoms with Gasteiger partial charge in [0, 0.05) is 25.7 Å². The quantitative estimate of drug-likeness (QED) is 0.0222. The van der Waals surface area contributed by atoms with Gasteiger partial charge in [-0.3, -0.25) is 37.3 Å². The van der Waals surface area contributed by atoms with Crippen LogP contribution < -0.4 is 0 Å². The number of phosphoric ester groups is 2. The highest BCUT2D eigenvalue weighted by Crippen LogP contribution is 2.45. The van der Waals surface area contributed by atoms with Gasteiger partial charge in [-0.2, -0.15) is 0 Å². The van der Waals surface area contributed by atoms with Crippen molar-refractivity contribution in [3.8, 4) is 0 Å². The highest BCUT2D eigenvalue weighted by molar-refractivity contribution is 7.47. The van der Waals surface area contributed by atoms with E-state index in [0.717, 1.165) is 102 Å². The number of hydrogen-bond donors (Lipinski definition) is 3. The molecule has 0 aromatic rings. The van der Waals surface area contributed by atoms with Crippen LogP contribution in [0.1, 0.15) is 382 Å². The van der Waals surface area contributed by atoms with Gasteiger partial charge in [-0.1, -0.05) is 331 Å². The molecule has 558 valence electrons. The molecule has 0 aromatic heterocycles. The Bertz CT molecular complexity index is 1840. The van der Waals surface area contributed by atoms with Crippen molar-refractivity contribution in [1.82, 2.24) is 0 Å². The molecule has 3 unspecified atom stereocenters. The second kappa shape index (κ2) is 65.7. The Labute approximate surface area is 575 Å². The number of unbranched alkanes of at least 4 members (excludes halogenated alkanes) is 40. The summed E-state index contributed by atoms with van der Waals surface area (Å²) < 4.78 is 68.3. The summed E-state index contributed by atoms with van der Waals surface area (Å²) in [5.41, 5.74) is 0. The van der Waals surface area contributed by atoms with Crippen LogP contribution in [0.2, 0.25) is 0 Å². The molecule has 0 bridgehead atoms. The molecule has 0 heterocycles. The van der Waals surface area contributed by atoms with E-state index in [4.69, 9.17) is 37.0 Å². The van der Waals surface area contributed by atoms with Crippen LogP contribution in [-0.4, -0.2) is 96.7 Å². The summed E-state index contributed by atoms with van der Waals surface area (Å²) in [7, 11) is -9.90. The Morgan fingerprint density at radius 2 is 0.543 bits per heavy atom. The SMILES string of the molecule is CCCCCCCCCCCCCCCCC(=O)OC[C@H](COP(=O)(O)OC[C@@H](O)COP(=O)(O)OC[C@@H](COC(=O)CCCCCCCCC(C)C)OC(=O)CCCCCCCCC(C)C)OC(=O)CCCCCCCCCCCCCCCCCCCCC(C)CC. The maximum Gasteiger partial charge on any atom is 0.472 e. The fourth-order valence-electron chi connectivity index (χ4n) is 11.4. The van der Waals surface area contributed by atoms with E-state index in [0.29, 0.717) is 37.5 Å². The lowest BCUT2D eigenvalue weighted by Crippen LogP contribution is -2.30. The Morgan fingerprint density at radius 1 is 0.309 bits per heavy atom. The number of rotatable bonds is 73. The van der Waals surface area contributed by atoms with Gasteiger partial charge < -0.3 is 33.8 Å². The number of carbonyl (C=O) groups is 4. The zero-order chi connectivity index (χ0) is 69.4. The van der Waals surface area contributed by atoms with E-state index >= 15 is 0 Å². The van der Waals surface area contributed by atoms with Gasteiger partial charge in [0.15, 0.2) is 12.2 Å². The van der Waals surface area contributed by atoms with E-state index < -0.39 is 97.5 Å². The van der Waals surface area contributed by atoms with Crippen LogP contribution in [-0.2, 0) is 65.4 Å². The van der Waals surface area contributed by atoms with E-state index in [9.17, 15) is 43.2 Å². The summed E-state index contributed by atoms with van der Waals surface area (Å²) in [4.78, 5) is 72.6. The van der Waals surface area contributed by atoms with Crippen molar-refractivity contribution in [2.24, 2.45) is 17.8 Å². The molecule has 0 spiro atoms. The number of phosphoric acid groups is 2. The van der Waals surface area contributed by atoms with Crippen molar-refractivity contribution in [3.05, 3.63) is 0 Å². The fraction of sp³-hybridized carbons (Fsp3) is 0.947. The number of aliphatic hydroxyl groups excluding tert-OH is 1. The van der Waals surface area contributed by atoms with E-state index in [-0.39, 0.29) is 25.7 Å². The Kier molecular flexibility index (Phi) is 64.3. The van der Waals surface area contributed by atoms with Crippen LogP contribution in [0.15, 0.2) is 0 Å². The predicted octanol–water partition coefficient (Wildman–Crippen LogP) is 21.8. The molecule has 0 saturated carbocycles. The van der Waals surface area contributed by atoms with E-state index in [1.54, 1.807) is 0 Å². The molecular weight excluding hydrogens is 1230 g/mol. The average molecular weight is 1380 g/mol. The lowest BCUT2D eigenvalue weighted by Gasteiger charge is -2.21. The highest BCUT2D eigenvalue weighted by atomic mass is 31.2. The first-order chi connectivity index (χ1) is 45.3. The van der Waals surface area contributed by atoms with Crippen LogP contribution in [0.25, 0.3) is 0 Å². The average Bonchev–Trinajstić information content (AvgIpc) is 1.11. The molecule has 94 heavy (non-hydrogen) atoms. The molecule has 0 radical (unpaired) electrons. The standard InChI is InChI=1S/C75H146O17P2/c1-8-10-11-12-13-14-15-16-24-27-30-33-42-49-56-72(77)85-62-70(91-74(79)58-51-44-34-31-28-25-22-20-18-17-19-21-23-26-29-32-41-48-55-68(7)9-2)64-89-93(81,82)87-60-69(76)61-88-94(83,84)90-65-71(92-75(80)59-52-45-38-36-40-47-54-67(5)6)63-86-73(78)57-50-43-37-35-39-46-53-66(3)4/h66-71,76H,8-65H2,1-7H3,(H,81,82)(H,83,84)/t68?,69-,70-,71-/m1/s1. The first kappa shape index (κ1) is 92.1. The summed E-state index contributed by atoms with van der Waals surface area (Å²) in [6.07, 6.45) is 51.8. The van der Waals surface area contributed by atoms with Gasteiger partial charge in [0.2, 0.25) is 0 Å². The van der Waals surface area contributed by atoms with Crippen LogP contribution in [0, 0.1) is 17.8 Å². The summed E-state index contributed by atoms with van der Waals surface area (Å²) in [6, 6.07) is 0.